The summed E-state index contributed by atoms with van der Waals surface area (Å²) in [5.41, 5.74) is 0.126. The molecule has 3 aromatic heterocycles. The van der Waals surface area contributed by atoms with Crippen LogP contribution in [0.15, 0.2) is 36.5 Å². The highest BCUT2D eigenvalue weighted by Crippen LogP contribution is 2.23. The van der Waals surface area contributed by atoms with Crippen LogP contribution in [-0.4, -0.2) is 43.0 Å². The zero-order valence-electron chi connectivity index (χ0n) is 18.2. The lowest BCUT2D eigenvalue weighted by Gasteiger charge is -2.26. The number of amides is 2. The van der Waals surface area contributed by atoms with Crippen LogP contribution < -0.4 is 4.90 Å². The van der Waals surface area contributed by atoms with Gasteiger partial charge in [-0.25, -0.2) is 19.1 Å². The molecule has 3 heterocycles. The number of nitrogens with zero attached hydrogens (tertiary/aromatic N) is 5. The van der Waals surface area contributed by atoms with Crippen molar-refractivity contribution in [2.75, 3.05) is 4.90 Å². The molecular formula is C21H24ClN5O4. The number of fused-ring (bicyclic) bond motifs is 1. The summed E-state index contributed by atoms with van der Waals surface area (Å²) in [6, 6.07) is 8.77. The first kappa shape index (κ1) is 22.5. The minimum atomic E-state index is -0.936. The average Bonchev–Trinajstić information content (AvgIpc) is 3.00. The van der Waals surface area contributed by atoms with Gasteiger partial charge in [-0.1, -0.05) is 17.7 Å². The van der Waals surface area contributed by atoms with Crippen molar-refractivity contribution in [1.82, 2.24) is 19.6 Å². The van der Waals surface area contributed by atoms with Crippen LogP contribution >= 0.6 is 11.6 Å². The Kier molecular flexibility index (Phi) is 5.91. The van der Waals surface area contributed by atoms with E-state index in [1.807, 2.05) is 6.07 Å². The van der Waals surface area contributed by atoms with Crippen LogP contribution in [0.25, 0.3) is 16.9 Å². The van der Waals surface area contributed by atoms with Gasteiger partial charge in [0.05, 0.1) is 5.69 Å². The second-order valence-corrected chi connectivity index (χ2v) is 9.16. The van der Waals surface area contributed by atoms with E-state index in [0.717, 1.165) is 5.56 Å². The van der Waals surface area contributed by atoms with Crippen molar-refractivity contribution in [2.45, 2.75) is 52.7 Å². The number of aromatic nitrogens is 4. The molecular weight excluding hydrogens is 422 g/mol. The zero-order valence-corrected chi connectivity index (χ0v) is 19.0. The fourth-order valence-electron chi connectivity index (χ4n) is 2.55. The summed E-state index contributed by atoms with van der Waals surface area (Å²) < 4.78 is 12.2. The second-order valence-electron chi connectivity index (χ2n) is 8.77. The molecule has 0 fully saturated rings. The van der Waals surface area contributed by atoms with E-state index in [1.165, 1.54) is 4.52 Å². The van der Waals surface area contributed by atoms with E-state index in [1.54, 1.807) is 72.0 Å². The minimum Gasteiger partial charge on any atom is -0.443 e. The lowest BCUT2D eigenvalue weighted by molar-refractivity contribution is 0.0427. The summed E-state index contributed by atoms with van der Waals surface area (Å²) in [4.78, 5) is 34.9. The molecule has 164 valence electrons. The normalized spacial score (nSPS) is 12.0. The molecule has 9 nitrogen and oxygen atoms in total. The molecule has 31 heavy (non-hydrogen) atoms. The number of halogens is 1. The Morgan fingerprint density at radius 2 is 1.58 bits per heavy atom. The van der Waals surface area contributed by atoms with Gasteiger partial charge in [-0.3, -0.25) is 0 Å². The highest BCUT2D eigenvalue weighted by atomic mass is 35.5. The third-order valence-corrected chi connectivity index (χ3v) is 3.90. The average molecular weight is 446 g/mol. The molecule has 0 aromatic carbocycles. The highest BCUT2D eigenvalue weighted by Gasteiger charge is 2.35. The number of hydrogen-bond acceptors (Lipinski definition) is 7. The number of carbonyl (C=O) groups is 2. The van der Waals surface area contributed by atoms with Crippen LogP contribution in [0, 0.1) is 0 Å². The molecule has 0 unspecified atom stereocenters. The molecule has 0 saturated heterocycles. The predicted molar refractivity (Wildman–Crippen MR) is 116 cm³/mol. The van der Waals surface area contributed by atoms with Gasteiger partial charge in [0.25, 0.3) is 5.95 Å². The Labute approximate surface area is 184 Å². The Balaban J connectivity index is 2.02. The summed E-state index contributed by atoms with van der Waals surface area (Å²) in [5, 5.41) is 4.61. The smallest absolute Gasteiger partial charge is 0.427 e. The maximum Gasteiger partial charge on any atom is 0.427 e. The molecule has 0 bridgehead atoms. The Bertz CT molecular complexity index is 1100. The first-order valence-corrected chi connectivity index (χ1v) is 9.96. The molecule has 0 saturated carbocycles. The molecule has 0 radical (unpaired) electrons. The second kappa shape index (κ2) is 8.14. The molecule has 3 aromatic rings. The highest BCUT2D eigenvalue weighted by molar-refractivity contribution is 6.29. The van der Waals surface area contributed by atoms with E-state index >= 15 is 0 Å². The summed E-state index contributed by atoms with van der Waals surface area (Å²) in [6.45, 7) is 10.2. The number of pyridine rings is 2. The van der Waals surface area contributed by atoms with E-state index < -0.39 is 23.4 Å². The van der Waals surface area contributed by atoms with Gasteiger partial charge in [0.15, 0.2) is 5.65 Å². The van der Waals surface area contributed by atoms with Crippen LogP contribution in [0.3, 0.4) is 0 Å². The Morgan fingerprint density at radius 3 is 2.13 bits per heavy atom. The van der Waals surface area contributed by atoms with Gasteiger partial charge in [0.2, 0.25) is 0 Å². The van der Waals surface area contributed by atoms with E-state index in [9.17, 15) is 9.59 Å². The van der Waals surface area contributed by atoms with Gasteiger partial charge in [0.1, 0.15) is 16.4 Å². The van der Waals surface area contributed by atoms with Crippen LogP contribution in [0.4, 0.5) is 15.5 Å². The van der Waals surface area contributed by atoms with Gasteiger partial charge in [0, 0.05) is 11.8 Å². The maximum absolute atomic E-state index is 12.8. The number of imide groups is 1. The van der Waals surface area contributed by atoms with Crippen LogP contribution in [0.5, 0.6) is 0 Å². The summed E-state index contributed by atoms with van der Waals surface area (Å²) in [7, 11) is 0. The van der Waals surface area contributed by atoms with Gasteiger partial charge in [-0.2, -0.15) is 4.98 Å². The number of hydrogen-bond donors (Lipinski definition) is 0. The number of carbonyl (C=O) groups excluding carboxylic acids is 2. The fourth-order valence-corrected chi connectivity index (χ4v) is 2.71. The van der Waals surface area contributed by atoms with E-state index in [-0.39, 0.29) is 5.95 Å². The van der Waals surface area contributed by atoms with Crippen molar-refractivity contribution >= 4 is 35.4 Å². The third kappa shape index (κ3) is 5.69. The van der Waals surface area contributed by atoms with Crippen molar-refractivity contribution in [1.29, 1.82) is 0 Å². The molecule has 0 aliphatic carbocycles. The predicted octanol–water partition coefficient (Wildman–Crippen LogP) is 5.12. The van der Waals surface area contributed by atoms with Gasteiger partial charge >= 0.3 is 12.2 Å². The molecule has 10 heteroatoms. The van der Waals surface area contributed by atoms with Gasteiger partial charge in [-0.05, 0) is 65.8 Å². The first-order valence-electron chi connectivity index (χ1n) is 9.58. The third-order valence-electron chi connectivity index (χ3n) is 3.69. The zero-order chi connectivity index (χ0) is 23.0. The molecule has 0 spiro atoms. The van der Waals surface area contributed by atoms with E-state index in [0.29, 0.717) is 21.4 Å². The molecule has 3 rings (SSSR count). The lowest BCUT2D eigenvalue weighted by Crippen LogP contribution is -2.44. The molecule has 0 aliphatic heterocycles. The monoisotopic (exact) mass is 445 g/mol. The molecule has 0 N–H and O–H groups in total. The van der Waals surface area contributed by atoms with Crippen molar-refractivity contribution < 1.29 is 19.1 Å². The van der Waals surface area contributed by atoms with Gasteiger partial charge < -0.3 is 9.47 Å². The van der Waals surface area contributed by atoms with E-state index in [4.69, 9.17) is 21.1 Å². The lowest BCUT2D eigenvalue weighted by atomic mass is 10.2. The van der Waals surface area contributed by atoms with Crippen LogP contribution in [0.2, 0.25) is 5.15 Å². The Morgan fingerprint density at radius 1 is 0.968 bits per heavy atom. The summed E-state index contributed by atoms with van der Waals surface area (Å²) >= 11 is 5.98. The minimum absolute atomic E-state index is 0.167. The van der Waals surface area contributed by atoms with Crippen molar-refractivity contribution in [3.8, 4) is 11.3 Å². The fraction of sp³-hybridized carbons (Fsp3) is 0.381. The van der Waals surface area contributed by atoms with E-state index in [2.05, 4.69) is 15.1 Å². The summed E-state index contributed by atoms with van der Waals surface area (Å²) in [5.74, 6) is -0.167. The van der Waals surface area contributed by atoms with Crippen molar-refractivity contribution in [3.05, 3.63) is 41.7 Å². The summed E-state index contributed by atoms with van der Waals surface area (Å²) in [6.07, 6.45) is -0.227. The largest absolute Gasteiger partial charge is 0.443 e. The van der Waals surface area contributed by atoms with Crippen molar-refractivity contribution in [3.63, 3.8) is 0 Å². The Hall–Kier alpha value is -3.20. The standard InChI is InChI=1S/C21H24ClN5O4/c1-20(2,3)30-18(28)27(19(29)31-21(4,5)6)17-24-16-12-13(10-11-26(16)25-17)14-8-7-9-15(22)23-14/h7-12H,1-6H3. The SMILES string of the molecule is CC(C)(C)OC(=O)N(C(=O)OC(C)(C)C)c1nc2cc(-c3cccc(Cl)n3)ccn2n1. The molecule has 0 atom stereocenters. The number of rotatable bonds is 2. The number of ether oxygens (including phenoxy) is 2. The maximum atomic E-state index is 12.8. The quantitative estimate of drug-likeness (QED) is 0.504. The van der Waals surface area contributed by atoms with Crippen LogP contribution in [-0.2, 0) is 9.47 Å². The topological polar surface area (TPSA) is 98.9 Å². The number of anilines is 1. The first-order chi connectivity index (χ1) is 14.3. The molecule has 2 amide bonds. The van der Waals surface area contributed by atoms with Gasteiger partial charge in [-0.15, -0.1) is 10.00 Å². The van der Waals surface area contributed by atoms with Crippen LogP contribution in [0.1, 0.15) is 41.5 Å². The molecule has 0 aliphatic rings. The van der Waals surface area contributed by atoms with Crippen molar-refractivity contribution in [2.24, 2.45) is 0 Å².